The summed E-state index contributed by atoms with van der Waals surface area (Å²) in [6.07, 6.45) is 4.30. The number of aliphatic carboxylic acids is 1. The number of fused-ring (bicyclic) bond motifs is 1. The van der Waals surface area contributed by atoms with Crippen LogP contribution in [0.2, 0.25) is 0 Å². The summed E-state index contributed by atoms with van der Waals surface area (Å²) in [5.74, 6) is 1.05. The smallest absolute Gasteiger partial charge is 0.303 e. The van der Waals surface area contributed by atoms with Crippen molar-refractivity contribution in [1.29, 1.82) is 0 Å². The normalized spacial score (nSPS) is 19.7. The van der Waals surface area contributed by atoms with E-state index in [0.29, 0.717) is 23.0 Å². The Hall–Kier alpha value is -4.01. The Morgan fingerprint density at radius 3 is 2.24 bits per heavy atom. The van der Waals surface area contributed by atoms with Crippen molar-refractivity contribution in [1.82, 2.24) is 5.01 Å². The number of carbonyl (C=O) groups is 2. The summed E-state index contributed by atoms with van der Waals surface area (Å²) in [4.78, 5) is 24.4. The Bertz CT molecular complexity index is 1240. The number of hydrogen-bond acceptors (Lipinski definition) is 7. The van der Waals surface area contributed by atoms with E-state index in [1.54, 1.807) is 28.4 Å². The Kier molecular flexibility index (Phi) is 8.01. The lowest BCUT2D eigenvalue weighted by molar-refractivity contribution is -0.141. The van der Waals surface area contributed by atoms with Gasteiger partial charge in [0.1, 0.15) is 0 Å². The number of nitrogens with zero attached hydrogens (tertiary/aromatic N) is 2. The van der Waals surface area contributed by atoms with Crippen molar-refractivity contribution >= 4 is 23.7 Å². The van der Waals surface area contributed by atoms with Crippen molar-refractivity contribution in [3.05, 3.63) is 53.1 Å². The van der Waals surface area contributed by atoms with Gasteiger partial charge in [-0.25, -0.2) is 5.01 Å². The van der Waals surface area contributed by atoms with Gasteiger partial charge in [0.25, 0.3) is 0 Å². The van der Waals surface area contributed by atoms with E-state index in [4.69, 9.17) is 29.2 Å². The van der Waals surface area contributed by atoms with Crippen molar-refractivity contribution in [3.8, 4) is 23.0 Å². The molecular weight excluding hydrogens is 476 g/mol. The highest BCUT2D eigenvalue weighted by Crippen LogP contribution is 2.46. The van der Waals surface area contributed by atoms with Gasteiger partial charge in [0.2, 0.25) is 5.91 Å². The molecule has 1 amide bonds. The first kappa shape index (κ1) is 26.1. The highest BCUT2D eigenvalue weighted by molar-refractivity contribution is 6.08. The molecule has 2 aromatic carbocycles. The Labute approximate surface area is 216 Å². The molecule has 0 radical (unpaired) electrons. The lowest BCUT2D eigenvalue weighted by Crippen LogP contribution is -2.32. The van der Waals surface area contributed by atoms with E-state index in [9.17, 15) is 9.59 Å². The van der Waals surface area contributed by atoms with Gasteiger partial charge < -0.3 is 24.1 Å². The average Bonchev–Trinajstić information content (AvgIpc) is 3.32. The predicted molar refractivity (Wildman–Crippen MR) is 138 cm³/mol. The molecule has 0 aromatic heterocycles. The number of carboxylic acids is 1. The number of amides is 1. The molecule has 0 saturated heterocycles. The molecule has 2 aliphatic rings. The zero-order valence-corrected chi connectivity index (χ0v) is 21.5. The van der Waals surface area contributed by atoms with Crippen LogP contribution in [0.5, 0.6) is 23.0 Å². The summed E-state index contributed by atoms with van der Waals surface area (Å²) in [6.45, 7) is 0. The molecule has 9 nitrogen and oxygen atoms in total. The van der Waals surface area contributed by atoms with E-state index in [1.807, 2.05) is 36.4 Å². The minimum absolute atomic E-state index is 0.0352. The van der Waals surface area contributed by atoms with Gasteiger partial charge in [0.15, 0.2) is 23.0 Å². The fourth-order valence-electron chi connectivity index (χ4n) is 5.05. The Morgan fingerprint density at radius 1 is 0.946 bits per heavy atom. The third kappa shape index (κ3) is 5.40. The number of allylic oxidation sites excluding steroid dienone is 1. The van der Waals surface area contributed by atoms with Crippen LogP contribution in [-0.4, -0.2) is 56.1 Å². The molecule has 1 saturated carbocycles. The maximum atomic E-state index is 13.2. The average molecular weight is 509 g/mol. The van der Waals surface area contributed by atoms with Crippen LogP contribution in [0.15, 0.2) is 47.1 Å². The lowest BCUT2D eigenvalue weighted by Gasteiger charge is -2.30. The van der Waals surface area contributed by atoms with Crippen LogP contribution in [0.3, 0.4) is 0 Å². The maximum Gasteiger partial charge on any atom is 0.303 e. The molecule has 1 aliphatic heterocycles. The number of carboxylic acid groups (broad SMARTS) is 1. The molecule has 1 aliphatic carbocycles. The van der Waals surface area contributed by atoms with Crippen LogP contribution < -0.4 is 18.9 Å². The van der Waals surface area contributed by atoms with Crippen molar-refractivity contribution in [2.75, 3.05) is 28.4 Å². The number of carbonyl (C=O) groups excluding carboxylic acids is 1. The van der Waals surface area contributed by atoms with Gasteiger partial charge >= 0.3 is 5.97 Å². The van der Waals surface area contributed by atoms with Crippen molar-refractivity contribution < 1.29 is 33.6 Å². The quantitative estimate of drug-likeness (QED) is 0.523. The van der Waals surface area contributed by atoms with Gasteiger partial charge in [-0.15, -0.1) is 0 Å². The van der Waals surface area contributed by atoms with Gasteiger partial charge in [-0.1, -0.05) is 12.1 Å². The summed E-state index contributed by atoms with van der Waals surface area (Å²) in [6, 6.07) is 10.9. The second-order valence-electron chi connectivity index (χ2n) is 8.96. The molecule has 2 aromatic rings. The summed E-state index contributed by atoms with van der Waals surface area (Å²) in [7, 11) is 6.33. The third-order valence-corrected chi connectivity index (χ3v) is 6.81. The number of hydrogen-bond donors (Lipinski definition) is 1. The third-order valence-electron chi connectivity index (χ3n) is 6.81. The minimum atomic E-state index is -1.02. The summed E-state index contributed by atoms with van der Waals surface area (Å²) >= 11 is 0. The maximum absolute atomic E-state index is 13.2. The van der Waals surface area contributed by atoms with Gasteiger partial charge in [-0.3, -0.25) is 9.59 Å². The molecule has 1 fully saturated rings. The number of ether oxygens (including phenoxy) is 4. The molecule has 9 heteroatoms. The standard InChI is InChI=1S/C28H32N2O7/c1-34-21-10-8-17(15-23(21)36-3)14-18-6-5-7-20-27(18)29-30(25(31)12-13-26(32)33)28(20)19-9-11-22(35-2)24(16-19)37-4/h8-11,14-16,20,28H,5-7,12-13H2,1-4H3,(H,32,33). The second kappa shape index (κ2) is 11.4. The summed E-state index contributed by atoms with van der Waals surface area (Å²) in [5.41, 5.74) is 3.69. The number of methoxy groups -OCH3 is 4. The molecule has 1 N–H and O–H groups in total. The largest absolute Gasteiger partial charge is 0.493 e. The van der Waals surface area contributed by atoms with Crippen LogP contribution in [0.25, 0.3) is 6.08 Å². The molecule has 196 valence electrons. The van der Waals surface area contributed by atoms with Crippen LogP contribution in [0.1, 0.15) is 49.3 Å². The minimum Gasteiger partial charge on any atom is -0.493 e. The second-order valence-corrected chi connectivity index (χ2v) is 8.96. The van der Waals surface area contributed by atoms with Crippen molar-refractivity contribution in [3.63, 3.8) is 0 Å². The van der Waals surface area contributed by atoms with Crippen LogP contribution in [0, 0.1) is 5.92 Å². The molecule has 4 rings (SSSR count). The molecular formula is C28H32N2O7. The van der Waals surface area contributed by atoms with Crippen LogP contribution in [0.4, 0.5) is 0 Å². The monoisotopic (exact) mass is 508 g/mol. The summed E-state index contributed by atoms with van der Waals surface area (Å²) in [5, 5.41) is 15.4. The zero-order valence-electron chi connectivity index (χ0n) is 21.5. The van der Waals surface area contributed by atoms with E-state index in [-0.39, 0.29) is 30.7 Å². The highest BCUT2D eigenvalue weighted by Gasteiger charge is 2.43. The molecule has 2 unspecified atom stereocenters. The lowest BCUT2D eigenvalue weighted by atomic mass is 9.77. The Balaban J connectivity index is 1.74. The number of hydrazone groups is 1. The van der Waals surface area contributed by atoms with Crippen LogP contribution in [-0.2, 0) is 9.59 Å². The fourth-order valence-corrected chi connectivity index (χ4v) is 5.05. The SMILES string of the molecule is COc1ccc(C=C2CCCC3C2=NN(C(=O)CCC(=O)O)C3c2ccc(OC)c(OC)c2)cc1OC. The molecule has 37 heavy (non-hydrogen) atoms. The molecule has 0 spiro atoms. The van der Waals surface area contributed by atoms with E-state index < -0.39 is 5.97 Å². The zero-order chi connectivity index (χ0) is 26.5. The number of benzene rings is 2. The topological polar surface area (TPSA) is 107 Å². The fraction of sp³-hybridized carbons (Fsp3) is 0.393. The van der Waals surface area contributed by atoms with Gasteiger partial charge in [0, 0.05) is 12.3 Å². The van der Waals surface area contributed by atoms with Gasteiger partial charge in [-0.05, 0) is 66.3 Å². The first-order valence-electron chi connectivity index (χ1n) is 12.2. The van der Waals surface area contributed by atoms with E-state index >= 15 is 0 Å². The van der Waals surface area contributed by atoms with Gasteiger partial charge in [-0.2, -0.15) is 5.10 Å². The van der Waals surface area contributed by atoms with E-state index in [0.717, 1.165) is 41.7 Å². The summed E-state index contributed by atoms with van der Waals surface area (Å²) < 4.78 is 21.7. The van der Waals surface area contributed by atoms with Crippen molar-refractivity contribution in [2.45, 2.75) is 38.1 Å². The number of rotatable bonds is 9. The predicted octanol–water partition coefficient (Wildman–Crippen LogP) is 4.71. The van der Waals surface area contributed by atoms with E-state index in [2.05, 4.69) is 6.08 Å². The molecule has 0 bridgehead atoms. The van der Waals surface area contributed by atoms with Gasteiger partial charge in [0.05, 0.1) is 46.6 Å². The molecule has 1 heterocycles. The molecule has 2 atom stereocenters. The highest BCUT2D eigenvalue weighted by atomic mass is 16.5. The van der Waals surface area contributed by atoms with Crippen LogP contribution >= 0.6 is 0 Å². The van der Waals surface area contributed by atoms with E-state index in [1.165, 1.54) is 5.01 Å². The Morgan fingerprint density at radius 2 is 1.59 bits per heavy atom. The first-order valence-corrected chi connectivity index (χ1v) is 12.2. The van der Waals surface area contributed by atoms with Crippen molar-refractivity contribution in [2.24, 2.45) is 11.0 Å². The first-order chi connectivity index (χ1) is 17.9.